The number of carboxylic acids is 1. The maximum absolute atomic E-state index is 12.9. The van der Waals surface area contributed by atoms with Gasteiger partial charge in [-0.15, -0.1) is 11.3 Å². The summed E-state index contributed by atoms with van der Waals surface area (Å²) in [5.41, 5.74) is 0.949. The molecule has 1 atom stereocenters. The van der Waals surface area contributed by atoms with Crippen LogP contribution in [0.3, 0.4) is 0 Å². The minimum atomic E-state index is -1.37. The molecule has 25 heavy (non-hydrogen) atoms. The Labute approximate surface area is 151 Å². The van der Waals surface area contributed by atoms with Gasteiger partial charge in [0.25, 0.3) is 5.91 Å². The summed E-state index contributed by atoms with van der Waals surface area (Å²) in [6.45, 7) is 5.84. The van der Waals surface area contributed by atoms with Crippen LogP contribution in [-0.2, 0) is 16.8 Å². The zero-order valence-corrected chi connectivity index (χ0v) is 15.4. The molecule has 1 amide bonds. The van der Waals surface area contributed by atoms with Crippen molar-refractivity contribution in [1.29, 1.82) is 0 Å². The van der Waals surface area contributed by atoms with Crippen molar-refractivity contribution in [3.8, 4) is 0 Å². The van der Waals surface area contributed by atoms with E-state index in [2.05, 4.69) is 10.3 Å². The number of carbonyl (C=O) groups excluding carboxylic acids is 1. The highest BCUT2D eigenvalue weighted by molar-refractivity contribution is 7.13. The normalized spacial score (nSPS) is 19.5. The molecule has 3 rings (SSSR count). The lowest BCUT2D eigenvalue weighted by atomic mass is 9.76. The first kappa shape index (κ1) is 17.6. The number of benzene rings is 1. The van der Waals surface area contributed by atoms with Gasteiger partial charge in [-0.1, -0.05) is 38.1 Å². The van der Waals surface area contributed by atoms with E-state index in [1.54, 1.807) is 6.92 Å². The molecular weight excluding hydrogens is 336 g/mol. The van der Waals surface area contributed by atoms with Crippen molar-refractivity contribution in [3.05, 3.63) is 51.0 Å². The quantitative estimate of drug-likeness (QED) is 0.875. The smallest absolute Gasteiger partial charge is 0.334 e. The number of hydrogen-bond donors (Lipinski definition) is 2. The van der Waals surface area contributed by atoms with Crippen LogP contribution < -0.4 is 5.32 Å². The first-order valence-electron chi connectivity index (χ1n) is 8.47. The molecule has 0 bridgehead atoms. The molecule has 2 aromatic rings. The summed E-state index contributed by atoms with van der Waals surface area (Å²) < 4.78 is 0. The van der Waals surface area contributed by atoms with Gasteiger partial charge in [0.2, 0.25) is 0 Å². The Hall–Kier alpha value is -2.21. The summed E-state index contributed by atoms with van der Waals surface area (Å²) in [5, 5.41) is 13.7. The second-order valence-electron chi connectivity index (χ2n) is 6.80. The van der Waals surface area contributed by atoms with Crippen molar-refractivity contribution in [2.75, 3.05) is 0 Å². The predicted molar refractivity (Wildman–Crippen MR) is 97.1 cm³/mol. The third-order valence-corrected chi connectivity index (χ3v) is 6.14. The number of nitrogens with one attached hydrogen (secondary N) is 1. The van der Waals surface area contributed by atoms with Crippen molar-refractivity contribution in [1.82, 2.24) is 10.3 Å². The van der Waals surface area contributed by atoms with Crippen molar-refractivity contribution in [2.24, 2.45) is 0 Å². The monoisotopic (exact) mass is 358 g/mol. The maximum Gasteiger partial charge on any atom is 0.334 e. The number of nitrogens with zero attached hydrogens (tertiary/aromatic N) is 1. The second kappa shape index (κ2) is 6.59. The Kier molecular flexibility index (Phi) is 4.64. The number of aliphatic carboxylic acids is 1. The van der Waals surface area contributed by atoms with E-state index in [1.165, 1.54) is 11.3 Å². The largest absolute Gasteiger partial charge is 0.479 e. The fourth-order valence-electron chi connectivity index (χ4n) is 3.36. The van der Waals surface area contributed by atoms with E-state index in [0.717, 1.165) is 23.4 Å². The summed E-state index contributed by atoms with van der Waals surface area (Å²) in [6, 6.07) is 7.47. The van der Waals surface area contributed by atoms with E-state index in [1.807, 2.05) is 38.1 Å². The Morgan fingerprint density at radius 1 is 1.32 bits per heavy atom. The Bertz CT molecular complexity index is 828. The fourth-order valence-corrected chi connectivity index (χ4v) is 4.33. The van der Waals surface area contributed by atoms with Crippen LogP contribution in [0.15, 0.2) is 24.3 Å². The van der Waals surface area contributed by atoms with Crippen molar-refractivity contribution >= 4 is 23.2 Å². The highest BCUT2D eigenvalue weighted by Crippen LogP contribution is 2.36. The lowest BCUT2D eigenvalue weighted by molar-refractivity contribution is -0.145. The molecule has 0 radical (unpaired) electrons. The molecule has 0 unspecified atom stereocenters. The van der Waals surface area contributed by atoms with E-state index >= 15 is 0 Å². The molecule has 132 valence electrons. The average Bonchev–Trinajstić information content (AvgIpc) is 2.97. The number of aryl methyl sites for hydroxylation is 2. The van der Waals surface area contributed by atoms with E-state index in [-0.39, 0.29) is 11.8 Å². The third-order valence-electron chi connectivity index (χ3n) is 4.68. The molecule has 1 aliphatic rings. The van der Waals surface area contributed by atoms with Crippen LogP contribution in [0.2, 0.25) is 0 Å². The van der Waals surface area contributed by atoms with Gasteiger partial charge in [0, 0.05) is 5.92 Å². The SMILES string of the molecule is Cc1nc(C(C)C)sc1C(=O)N[C@]1(C(=O)O)CCCc2ccccc21. The summed E-state index contributed by atoms with van der Waals surface area (Å²) >= 11 is 1.34. The standard InChI is InChI=1S/C19H22N2O3S/c1-11(2)17-20-12(3)15(25-17)16(22)21-19(18(23)24)10-6-8-13-7-4-5-9-14(13)19/h4-5,7,9,11H,6,8,10H2,1-3H3,(H,21,22)(H,23,24)/t19-/m1/s1. The van der Waals surface area contributed by atoms with Gasteiger partial charge in [-0.05, 0) is 37.3 Å². The summed E-state index contributed by atoms with van der Waals surface area (Å²) in [4.78, 5) is 30.0. The van der Waals surface area contributed by atoms with Crippen LogP contribution in [0.5, 0.6) is 0 Å². The first-order valence-corrected chi connectivity index (χ1v) is 9.28. The fraction of sp³-hybridized carbons (Fsp3) is 0.421. The van der Waals surface area contributed by atoms with Crippen LogP contribution in [0.4, 0.5) is 0 Å². The van der Waals surface area contributed by atoms with Gasteiger partial charge in [0.05, 0.1) is 10.7 Å². The van der Waals surface area contributed by atoms with Crippen LogP contribution in [0.1, 0.15) is 64.1 Å². The molecule has 0 saturated carbocycles. The molecule has 0 saturated heterocycles. The maximum atomic E-state index is 12.9. The summed E-state index contributed by atoms with van der Waals surface area (Å²) in [6.07, 6.45) is 1.95. The molecule has 1 aliphatic carbocycles. The number of carbonyl (C=O) groups is 2. The van der Waals surface area contributed by atoms with Crippen LogP contribution in [-0.4, -0.2) is 22.0 Å². The number of hydrogen-bond acceptors (Lipinski definition) is 4. The lowest BCUT2D eigenvalue weighted by Gasteiger charge is -2.36. The molecule has 0 fully saturated rings. The van der Waals surface area contributed by atoms with Crippen LogP contribution in [0.25, 0.3) is 0 Å². The highest BCUT2D eigenvalue weighted by Gasteiger charge is 2.45. The average molecular weight is 358 g/mol. The van der Waals surface area contributed by atoms with Crippen molar-refractivity contribution < 1.29 is 14.7 Å². The second-order valence-corrected chi connectivity index (χ2v) is 7.83. The predicted octanol–water partition coefficient (Wildman–Crippen LogP) is 3.62. The number of fused-ring (bicyclic) bond motifs is 1. The number of carboxylic acid groups (broad SMARTS) is 1. The Balaban J connectivity index is 1.99. The summed E-state index contributed by atoms with van der Waals surface area (Å²) in [5.74, 6) is -1.14. The molecule has 6 heteroatoms. The molecule has 1 heterocycles. The Morgan fingerprint density at radius 2 is 2.04 bits per heavy atom. The van der Waals surface area contributed by atoms with Gasteiger partial charge in [-0.3, -0.25) is 4.79 Å². The minimum absolute atomic E-state index is 0.231. The minimum Gasteiger partial charge on any atom is -0.479 e. The first-order chi connectivity index (χ1) is 11.8. The molecule has 1 aromatic carbocycles. The van der Waals surface area contributed by atoms with Gasteiger partial charge in [0.1, 0.15) is 4.88 Å². The van der Waals surface area contributed by atoms with E-state index in [4.69, 9.17) is 0 Å². The lowest BCUT2D eigenvalue weighted by Crippen LogP contribution is -2.53. The number of thiazole rings is 1. The summed E-state index contributed by atoms with van der Waals surface area (Å²) in [7, 11) is 0. The molecular formula is C19H22N2O3S. The van der Waals surface area contributed by atoms with Gasteiger partial charge >= 0.3 is 5.97 Å². The number of aromatic nitrogens is 1. The Morgan fingerprint density at radius 3 is 2.68 bits per heavy atom. The van der Waals surface area contributed by atoms with Gasteiger partial charge in [-0.25, -0.2) is 9.78 Å². The zero-order chi connectivity index (χ0) is 18.2. The molecule has 2 N–H and O–H groups in total. The van der Waals surface area contributed by atoms with Crippen molar-refractivity contribution in [3.63, 3.8) is 0 Å². The van der Waals surface area contributed by atoms with Gasteiger partial charge in [0.15, 0.2) is 5.54 Å². The molecule has 0 aliphatic heterocycles. The van der Waals surface area contributed by atoms with Gasteiger partial charge in [-0.2, -0.15) is 0 Å². The van der Waals surface area contributed by atoms with E-state index in [9.17, 15) is 14.7 Å². The number of amides is 1. The van der Waals surface area contributed by atoms with Crippen LogP contribution in [0, 0.1) is 6.92 Å². The molecule has 0 spiro atoms. The number of rotatable bonds is 4. The van der Waals surface area contributed by atoms with Gasteiger partial charge < -0.3 is 10.4 Å². The van der Waals surface area contributed by atoms with Crippen molar-refractivity contribution in [2.45, 2.75) is 51.5 Å². The van der Waals surface area contributed by atoms with E-state index < -0.39 is 11.5 Å². The molecule has 1 aromatic heterocycles. The van der Waals surface area contributed by atoms with Crippen LogP contribution >= 0.6 is 11.3 Å². The highest BCUT2D eigenvalue weighted by atomic mass is 32.1. The third kappa shape index (κ3) is 3.06. The van der Waals surface area contributed by atoms with E-state index in [0.29, 0.717) is 22.6 Å². The molecule has 5 nitrogen and oxygen atoms in total. The zero-order valence-electron chi connectivity index (χ0n) is 14.6. The topological polar surface area (TPSA) is 79.3 Å².